The van der Waals surface area contributed by atoms with Gasteiger partial charge in [0, 0.05) is 38.9 Å². The molecule has 4 aromatic carbocycles. The second-order valence-corrected chi connectivity index (χ2v) is 10.1. The van der Waals surface area contributed by atoms with E-state index in [9.17, 15) is 9.18 Å². The van der Waals surface area contributed by atoms with Crippen LogP contribution in [0.25, 0.3) is 23.0 Å². The fourth-order valence-electron chi connectivity index (χ4n) is 3.95. The normalized spacial score (nSPS) is 11.1. The Bertz CT molecular complexity index is 1590. The average Bonchev–Trinajstić information content (AvgIpc) is 3.36. The van der Waals surface area contributed by atoms with Crippen molar-refractivity contribution in [3.63, 3.8) is 0 Å². The Balaban J connectivity index is 1.32. The number of anilines is 1. The fraction of sp³-hybridized carbons (Fsp3) is 0.0625. The standard InChI is InChI=1S/C32H26FN3OS/c1-22-8-9-23(2)30(20-22)38-29-17-15-27(16-18-29)34-31(37)19-12-25-21-36(28-6-4-3-5-7-28)35-32(25)24-10-13-26(33)14-11-24/h3-21H,1-2H3,(H,34,37). The van der Waals surface area contributed by atoms with Crippen molar-refractivity contribution >= 4 is 29.4 Å². The minimum atomic E-state index is -0.314. The van der Waals surface area contributed by atoms with Crippen LogP contribution in [0.15, 0.2) is 119 Å². The van der Waals surface area contributed by atoms with Gasteiger partial charge in [-0.3, -0.25) is 4.79 Å². The van der Waals surface area contributed by atoms with Crippen LogP contribution in [0.4, 0.5) is 10.1 Å². The Morgan fingerprint density at radius 2 is 1.66 bits per heavy atom. The largest absolute Gasteiger partial charge is 0.323 e. The summed E-state index contributed by atoms with van der Waals surface area (Å²) in [6.45, 7) is 4.19. The van der Waals surface area contributed by atoms with E-state index in [-0.39, 0.29) is 11.7 Å². The summed E-state index contributed by atoms with van der Waals surface area (Å²) in [6.07, 6.45) is 5.07. The highest BCUT2D eigenvalue weighted by molar-refractivity contribution is 7.99. The SMILES string of the molecule is Cc1ccc(C)c(Sc2ccc(NC(=O)C=Cc3cn(-c4ccccc4)nc3-c3ccc(F)cc3)cc2)c1. The quantitative estimate of drug-likeness (QED) is 0.221. The predicted molar refractivity (Wildman–Crippen MR) is 153 cm³/mol. The molecule has 0 radical (unpaired) electrons. The Kier molecular flexibility index (Phi) is 7.52. The molecular weight excluding hydrogens is 493 g/mol. The minimum Gasteiger partial charge on any atom is -0.323 e. The molecule has 0 spiro atoms. The highest BCUT2D eigenvalue weighted by atomic mass is 32.2. The summed E-state index contributed by atoms with van der Waals surface area (Å²) < 4.78 is 15.3. The van der Waals surface area contributed by atoms with Gasteiger partial charge in [0.1, 0.15) is 5.82 Å². The summed E-state index contributed by atoms with van der Waals surface area (Å²) in [5.74, 6) is -0.566. The number of benzene rings is 4. The molecule has 4 nitrogen and oxygen atoms in total. The zero-order valence-corrected chi connectivity index (χ0v) is 21.9. The first kappa shape index (κ1) is 25.2. The molecule has 188 valence electrons. The first-order chi connectivity index (χ1) is 18.4. The second-order valence-electron chi connectivity index (χ2n) is 8.94. The van der Waals surface area contributed by atoms with Gasteiger partial charge in [0.15, 0.2) is 0 Å². The van der Waals surface area contributed by atoms with E-state index in [1.54, 1.807) is 34.7 Å². The average molecular weight is 520 g/mol. The van der Waals surface area contributed by atoms with Crippen molar-refractivity contribution in [3.05, 3.63) is 132 Å². The minimum absolute atomic E-state index is 0.252. The van der Waals surface area contributed by atoms with Gasteiger partial charge in [0.25, 0.3) is 0 Å². The highest BCUT2D eigenvalue weighted by Gasteiger charge is 2.11. The van der Waals surface area contributed by atoms with E-state index in [1.807, 2.05) is 60.8 Å². The Hall–Kier alpha value is -4.42. The van der Waals surface area contributed by atoms with E-state index >= 15 is 0 Å². The van der Waals surface area contributed by atoms with E-state index in [1.165, 1.54) is 34.2 Å². The zero-order chi connectivity index (χ0) is 26.5. The van der Waals surface area contributed by atoms with E-state index < -0.39 is 0 Å². The molecule has 0 aliphatic heterocycles. The lowest BCUT2D eigenvalue weighted by Gasteiger charge is -2.08. The van der Waals surface area contributed by atoms with Gasteiger partial charge in [0.2, 0.25) is 5.91 Å². The van der Waals surface area contributed by atoms with Crippen molar-refractivity contribution in [1.82, 2.24) is 9.78 Å². The molecule has 0 saturated heterocycles. The van der Waals surface area contributed by atoms with Crippen molar-refractivity contribution in [2.75, 3.05) is 5.32 Å². The lowest BCUT2D eigenvalue weighted by molar-refractivity contribution is -0.111. The maximum atomic E-state index is 13.5. The van der Waals surface area contributed by atoms with Crippen LogP contribution in [0.5, 0.6) is 0 Å². The van der Waals surface area contributed by atoms with Crippen molar-refractivity contribution in [2.45, 2.75) is 23.6 Å². The Labute approximate surface area is 225 Å². The lowest BCUT2D eigenvalue weighted by atomic mass is 10.1. The van der Waals surface area contributed by atoms with Gasteiger partial charge in [-0.05, 0) is 97.8 Å². The Morgan fingerprint density at radius 3 is 2.39 bits per heavy atom. The molecule has 0 atom stereocenters. The molecule has 1 heterocycles. The van der Waals surface area contributed by atoms with Crippen LogP contribution in [-0.4, -0.2) is 15.7 Å². The molecule has 1 aromatic heterocycles. The van der Waals surface area contributed by atoms with Gasteiger partial charge >= 0.3 is 0 Å². The predicted octanol–water partition coefficient (Wildman–Crippen LogP) is 8.10. The monoisotopic (exact) mass is 519 g/mol. The molecule has 0 aliphatic rings. The second kappa shape index (κ2) is 11.3. The first-order valence-electron chi connectivity index (χ1n) is 12.2. The number of carbonyl (C=O) groups is 1. The summed E-state index contributed by atoms with van der Waals surface area (Å²) in [4.78, 5) is 15.1. The number of nitrogens with zero attached hydrogens (tertiary/aromatic N) is 2. The molecule has 6 heteroatoms. The summed E-state index contributed by atoms with van der Waals surface area (Å²) in [5, 5.41) is 7.62. The van der Waals surface area contributed by atoms with Crippen molar-refractivity contribution in [3.8, 4) is 16.9 Å². The third-order valence-corrected chi connectivity index (χ3v) is 7.16. The van der Waals surface area contributed by atoms with Crippen LogP contribution >= 0.6 is 11.8 Å². The van der Waals surface area contributed by atoms with Gasteiger partial charge in [-0.1, -0.05) is 42.1 Å². The molecular formula is C32H26FN3OS. The molecule has 0 bridgehead atoms. The summed E-state index contributed by atoms with van der Waals surface area (Å²) in [5.41, 5.74) is 6.23. The number of para-hydroxylation sites is 1. The van der Waals surface area contributed by atoms with E-state index in [2.05, 4.69) is 37.4 Å². The number of hydrogen-bond donors (Lipinski definition) is 1. The number of aryl methyl sites for hydroxylation is 2. The van der Waals surface area contributed by atoms with Crippen molar-refractivity contribution in [1.29, 1.82) is 0 Å². The maximum absolute atomic E-state index is 13.5. The van der Waals surface area contributed by atoms with Crippen LogP contribution in [0, 0.1) is 19.7 Å². The van der Waals surface area contributed by atoms with Crippen LogP contribution in [0.1, 0.15) is 16.7 Å². The Morgan fingerprint density at radius 1 is 0.921 bits per heavy atom. The van der Waals surface area contributed by atoms with Crippen molar-refractivity contribution < 1.29 is 9.18 Å². The molecule has 1 N–H and O–H groups in total. The highest BCUT2D eigenvalue weighted by Crippen LogP contribution is 2.31. The van der Waals surface area contributed by atoms with Gasteiger partial charge in [-0.2, -0.15) is 5.10 Å². The molecule has 5 rings (SSSR count). The molecule has 1 amide bonds. The number of amides is 1. The third kappa shape index (κ3) is 6.10. The molecule has 0 saturated carbocycles. The number of halogens is 1. The van der Waals surface area contributed by atoms with Crippen LogP contribution in [-0.2, 0) is 4.79 Å². The zero-order valence-electron chi connectivity index (χ0n) is 21.1. The molecule has 0 unspecified atom stereocenters. The van der Waals surface area contributed by atoms with Crippen LogP contribution < -0.4 is 5.32 Å². The van der Waals surface area contributed by atoms with Gasteiger partial charge in [0.05, 0.1) is 11.4 Å². The molecule has 0 aliphatic carbocycles. The summed E-state index contributed by atoms with van der Waals surface area (Å²) in [6, 6.07) is 30.1. The van der Waals surface area contributed by atoms with Gasteiger partial charge in [-0.15, -0.1) is 0 Å². The summed E-state index contributed by atoms with van der Waals surface area (Å²) in [7, 11) is 0. The van der Waals surface area contributed by atoms with Crippen LogP contribution in [0.2, 0.25) is 0 Å². The van der Waals surface area contributed by atoms with E-state index in [4.69, 9.17) is 5.10 Å². The van der Waals surface area contributed by atoms with Crippen LogP contribution in [0.3, 0.4) is 0 Å². The number of rotatable bonds is 7. The lowest BCUT2D eigenvalue weighted by Crippen LogP contribution is -2.07. The third-order valence-electron chi connectivity index (χ3n) is 5.99. The molecule has 38 heavy (non-hydrogen) atoms. The van der Waals surface area contributed by atoms with E-state index in [0.717, 1.165) is 21.7 Å². The maximum Gasteiger partial charge on any atom is 0.248 e. The number of hydrogen-bond acceptors (Lipinski definition) is 3. The first-order valence-corrected chi connectivity index (χ1v) is 13.0. The molecule has 0 fully saturated rings. The smallest absolute Gasteiger partial charge is 0.248 e. The number of nitrogens with one attached hydrogen (secondary N) is 1. The summed E-state index contributed by atoms with van der Waals surface area (Å²) >= 11 is 1.70. The number of carbonyl (C=O) groups excluding carboxylic acids is 1. The van der Waals surface area contributed by atoms with E-state index in [0.29, 0.717) is 11.4 Å². The number of aromatic nitrogens is 2. The van der Waals surface area contributed by atoms with Gasteiger partial charge in [-0.25, -0.2) is 9.07 Å². The fourth-order valence-corrected chi connectivity index (χ4v) is 4.95. The molecule has 5 aromatic rings. The topological polar surface area (TPSA) is 46.9 Å². The van der Waals surface area contributed by atoms with Gasteiger partial charge < -0.3 is 5.32 Å². The van der Waals surface area contributed by atoms with Crippen molar-refractivity contribution in [2.24, 2.45) is 0 Å².